The van der Waals surface area contributed by atoms with Gasteiger partial charge < -0.3 is 9.47 Å². The van der Waals surface area contributed by atoms with Gasteiger partial charge in [0.1, 0.15) is 23.1 Å². The van der Waals surface area contributed by atoms with Crippen molar-refractivity contribution >= 4 is 0 Å². The molecule has 4 aromatic rings. The molecule has 2 aromatic carbocycles. The lowest BCUT2D eigenvalue weighted by atomic mass is 10.0. The minimum absolute atomic E-state index is 0.00187. The van der Waals surface area contributed by atoms with Crippen LogP contribution in [0.15, 0.2) is 65.6 Å². The van der Waals surface area contributed by atoms with Crippen LogP contribution in [0, 0.1) is 11.6 Å². The van der Waals surface area contributed by atoms with Crippen LogP contribution in [0.4, 0.5) is 8.78 Å². The first-order valence-corrected chi connectivity index (χ1v) is 10.7. The third-order valence-electron chi connectivity index (χ3n) is 5.50. The predicted molar refractivity (Wildman–Crippen MR) is 121 cm³/mol. The topological polar surface area (TPSA) is 74.4 Å². The number of aromatic nitrogens is 4. The third kappa shape index (κ3) is 4.15. The van der Waals surface area contributed by atoms with Crippen LogP contribution in [-0.4, -0.2) is 45.7 Å². The zero-order valence-electron chi connectivity index (χ0n) is 18.3. The van der Waals surface area contributed by atoms with Crippen molar-refractivity contribution in [3.63, 3.8) is 0 Å². The van der Waals surface area contributed by atoms with Crippen molar-refractivity contribution in [3.8, 4) is 34.3 Å². The van der Waals surface area contributed by atoms with Crippen LogP contribution in [0.1, 0.15) is 0 Å². The maximum atomic E-state index is 13.6. The van der Waals surface area contributed by atoms with Crippen molar-refractivity contribution in [1.82, 2.24) is 19.4 Å². The number of nitrogens with zero attached hydrogens (tertiary/aromatic N) is 5. The van der Waals surface area contributed by atoms with Crippen LogP contribution >= 0.6 is 0 Å². The first-order chi connectivity index (χ1) is 16.5. The minimum atomic E-state index is -0.448. The molecule has 0 atom stereocenters. The largest absolute Gasteiger partial charge is 0.424 e. The molecule has 0 unspecified atom stereocenters. The average molecular weight is 465 g/mol. The van der Waals surface area contributed by atoms with Crippen molar-refractivity contribution in [2.45, 2.75) is 0 Å². The summed E-state index contributed by atoms with van der Waals surface area (Å²) in [6.07, 6.45) is 1.51. The molecule has 3 heterocycles. The Hall–Kier alpha value is -4.05. The van der Waals surface area contributed by atoms with Gasteiger partial charge in [-0.05, 0) is 35.9 Å². The van der Waals surface area contributed by atoms with Gasteiger partial charge in [0.25, 0.3) is 5.56 Å². The van der Waals surface area contributed by atoms with Gasteiger partial charge in [-0.3, -0.25) is 9.80 Å². The van der Waals surface area contributed by atoms with E-state index in [1.807, 2.05) is 5.01 Å². The Balaban J connectivity index is 1.67. The first kappa shape index (κ1) is 21.8. The number of hydrogen-bond acceptors (Lipinski definition) is 6. The Morgan fingerprint density at radius 1 is 1.00 bits per heavy atom. The van der Waals surface area contributed by atoms with Gasteiger partial charge >= 0.3 is 6.01 Å². The van der Waals surface area contributed by atoms with Gasteiger partial charge in [-0.25, -0.2) is 18.4 Å². The number of benzene rings is 2. The molecule has 0 spiro atoms. The Kier molecular flexibility index (Phi) is 5.81. The van der Waals surface area contributed by atoms with E-state index in [0.717, 1.165) is 0 Å². The summed E-state index contributed by atoms with van der Waals surface area (Å²) in [5, 5.41) is 1.99. The van der Waals surface area contributed by atoms with Crippen molar-refractivity contribution in [2.24, 2.45) is 7.05 Å². The van der Waals surface area contributed by atoms with Gasteiger partial charge in [-0.2, -0.15) is 9.77 Å². The van der Waals surface area contributed by atoms with Crippen molar-refractivity contribution in [3.05, 3.63) is 82.8 Å². The van der Waals surface area contributed by atoms with Gasteiger partial charge in [0.2, 0.25) is 0 Å². The lowest BCUT2D eigenvalue weighted by Crippen LogP contribution is -2.47. The molecule has 0 aliphatic carbocycles. The zero-order valence-corrected chi connectivity index (χ0v) is 18.3. The molecule has 1 aliphatic rings. The second kappa shape index (κ2) is 9.06. The molecule has 5 rings (SSSR count). The zero-order chi connectivity index (χ0) is 23.7. The summed E-state index contributed by atoms with van der Waals surface area (Å²) in [6.45, 7) is 2.15. The summed E-state index contributed by atoms with van der Waals surface area (Å²) in [4.78, 5) is 23.8. The Morgan fingerprint density at radius 3 is 2.50 bits per heavy atom. The molecule has 0 N–H and O–H groups in total. The van der Waals surface area contributed by atoms with Gasteiger partial charge in [-0.15, -0.1) is 0 Å². The Morgan fingerprint density at radius 2 is 1.76 bits per heavy atom. The Bertz CT molecular complexity index is 1380. The molecule has 8 nitrogen and oxygen atoms in total. The molecule has 34 heavy (non-hydrogen) atoms. The van der Waals surface area contributed by atoms with Crippen molar-refractivity contribution < 1.29 is 18.3 Å². The van der Waals surface area contributed by atoms with E-state index in [0.29, 0.717) is 48.8 Å². The monoisotopic (exact) mass is 465 g/mol. The first-order valence-electron chi connectivity index (χ1n) is 10.7. The van der Waals surface area contributed by atoms with Gasteiger partial charge in [0.15, 0.2) is 0 Å². The Labute approximate surface area is 193 Å². The predicted octanol–water partition coefficient (Wildman–Crippen LogP) is 3.35. The standard InChI is InChI=1S/C24H21F2N5O3/c1-29-23(32)21(16-5-7-17(25)8-6-16)22(31(29)30-11-13-33-14-12-30)20-9-10-27-24(28-20)34-19-4-2-3-18(26)15-19/h2-10,15H,11-14H2,1H3. The second-order valence-corrected chi connectivity index (χ2v) is 7.70. The minimum Gasteiger partial charge on any atom is -0.424 e. The molecule has 2 aromatic heterocycles. The van der Waals surface area contributed by atoms with E-state index in [2.05, 4.69) is 9.97 Å². The maximum Gasteiger partial charge on any atom is 0.322 e. The average Bonchev–Trinajstić information content (AvgIpc) is 3.11. The molecule has 0 bridgehead atoms. The number of morpholine rings is 1. The van der Waals surface area contributed by atoms with Gasteiger partial charge in [-0.1, -0.05) is 18.2 Å². The molecule has 174 valence electrons. The van der Waals surface area contributed by atoms with Crippen molar-refractivity contribution in [1.29, 1.82) is 0 Å². The van der Waals surface area contributed by atoms with Crippen LogP contribution in [0.5, 0.6) is 11.8 Å². The summed E-state index contributed by atoms with van der Waals surface area (Å²) in [7, 11) is 1.67. The highest BCUT2D eigenvalue weighted by molar-refractivity contribution is 5.79. The smallest absolute Gasteiger partial charge is 0.322 e. The molecule has 1 aliphatic heterocycles. The van der Waals surface area contributed by atoms with E-state index in [1.54, 1.807) is 36.1 Å². The molecule has 0 radical (unpaired) electrons. The number of rotatable bonds is 5. The molecule has 1 fully saturated rings. The van der Waals surface area contributed by atoms with Gasteiger partial charge in [0.05, 0.1) is 37.6 Å². The fourth-order valence-corrected chi connectivity index (χ4v) is 3.94. The van der Waals surface area contributed by atoms with Crippen LogP contribution in [-0.2, 0) is 11.8 Å². The summed E-state index contributed by atoms with van der Waals surface area (Å²) in [5.74, 6) is -0.603. The van der Waals surface area contributed by atoms with Crippen LogP contribution in [0.3, 0.4) is 0 Å². The van der Waals surface area contributed by atoms with Crippen LogP contribution < -0.4 is 15.3 Å². The van der Waals surface area contributed by atoms with E-state index in [9.17, 15) is 13.6 Å². The summed E-state index contributed by atoms with van der Waals surface area (Å²) in [6, 6.07) is 13.1. The number of ether oxygens (including phenoxy) is 2. The highest BCUT2D eigenvalue weighted by Crippen LogP contribution is 2.31. The number of hydrogen-bond donors (Lipinski definition) is 0. The van der Waals surface area contributed by atoms with Crippen molar-refractivity contribution in [2.75, 3.05) is 31.3 Å². The molecule has 0 saturated carbocycles. The summed E-state index contributed by atoms with van der Waals surface area (Å²) in [5.41, 5.74) is 1.58. The molecular weight excluding hydrogens is 444 g/mol. The normalized spacial score (nSPS) is 13.8. The van der Waals surface area contributed by atoms with E-state index in [1.165, 1.54) is 41.2 Å². The van der Waals surface area contributed by atoms with E-state index < -0.39 is 11.6 Å². The van der Waals surface area contributed by atoms with Crippen LogP contribution in [0.25, 0.3) is 22.5 Å². The van der Waals surface area contributed by atoms with Gasteiger partial charge in [0, 0.05) is 19.3 Å². The third-order valence-corrected chi connectivity index (χ3v) is 5.50. The number of halogens is 2. The molecular formula is C24H21F2N5O3. The second-order valence-electron chi connectivity index (χ2n) is 7.70. The molecule has 10 heteroatoms. The molecule has 0 amide bonds. The SMILES string of the molecule is Cn1c(=O)c(-c2ccc(F)cc2)c(-c2ccnc(Oc3cccc(F)c3)n2)n1N1CCOCC1. The molecule has 1 saturated heterocycles. The highest BCUT2D eigenvalue weighted by atomic mass is 19.1. The van der Waals surface area contributed by atoms with E-state index >= 15 is 0 Å². The fraction of sp³-hybridized carbons (Fsp3) is 0.208. The lowest BCUT2D eigenvalue weighted by Gasteiger charge is -2.32. The summed E-state index contributed by atoms with van der Waals surface area (Å²) < 4.78 is 39.8. The fourth-order valence-electron chi connectivity index (χ4n) is 3.94. The van der Waals surface area contributed by atoms with E-state index in [4.69, 9.17) is 9.47 Å². The van der Waals surface area contributed by atoms with E-state index in [-0.39, 0.29) is 17.3 Å². The quantitative estimate of drug-likeness (QED) is 0.450. The maximum absolute atomic E-state index is 13.6. The lowest BCUT2D eigenvalue weighted by molar-refractivity contribution is 0.107. The highest BCUT2D eigenvalue weighted by Gasteiger charge is 2.27. The van der Waals surface area contributed by atoms with Crippen LogP contribution in [0.2, 0.25) is 0 Å². The summed E-state index contributed by atoms with van der Waals surface area (Å²) >= 11 is 0.